The molecule has 0 radical (unpaired) electrons. The van der Waals surface area contributed by atoms with Gasteiger partial charge < -0.3 is 14.9 Å². The predicted molar refractivity (Wildman–Crippen MR) is 133 cm³/mol. The molecule has 2 saturated heterocycles. The molecule has 0 unspecified atom stereocenters. The van der Waals surface area contributed by atoms with Crippen molar-refractivity contribution in [2.45, 2.75) is 57.1 Å². The number of carbonyl (C=O) groups is 1. The van der Waals surface area contributed by atoms with Gasteiger partial charge in [-0.05, 0) is 63.1 Å². The molecule has 1 aliphatic carbocycles. The molecule has 3 aliphatic rings. The number of nitrogens with zero attached hydrogens (tertiary/aromatic N) is 6. The highest BCUT2D eigenvalue weighted by Crippen LogP contribution is 2.33. The standard InChI is InChI=1S/C26H32N6O3/c33-24(19-7-8-19)30-13-9-26(35,10-14-30)17-31-18-27-23-22(25(31)34)16-28-32(23)21-6-4-5-20(15-21)29-11-2-1-3-12-29/h4-6,15-16,18-19,35H,1-3,7-14,17H2. The van der Waals surface area contributed by atoms with Crippen molar-refractivity contribution in [3.05, 3.63) is 47.1 Å². The van der Waals surface area contributed by atoms with E-state index in [0.717, 1.165) is 37.3 Å². The van der Waals surface area contributed by atoms with Crippen molar-refractivity contribution in [2.24, 2.45) is 5.92 Å². The molecule has 0 spiro atoms. The summed E-state index contributed by atoms with van der Waals surface area (Å²) in [7, 11) is 0. The second-order valence-corrected chi connectivity index (χ2v) is 10.4. The number of hydrogen-bond acceptors (Lipinski definition) is 6. The maximum Gasteiger partial charge on any atom is 0.264 e. The number of fused-ring (bicyclic) bond motifs is 1. The van der Waals surface area contributed by atoms with Crippen molar-refractivity contribution in [1.29, 1.82) is 0 Å². The fourth-order valence-electron chi connectivity index (χ4n) is 5.43. The van der Waals surface area contributed by atoms with Crippen LogP contribution in [0.2, 0.25) is 0 Å². The van der Waals surface area contributed by atoms with E-state index >= 15 is 0 Å². The normalized spacial score (nSPS) is 20.4. The summed E-state index contributed by atoms with van der Waals surface area (Å²) in [6, 6.07) is 8.21. The Morgan fingerprint density at radius 1 is 1.06 bits per heavy atom. The summed E-state index contributed by atoms with van der Waals surface area (Å²) in [4.78, 5) is 34.4. The Kier molecular flexibility index (Phi) is 5.59. The molecule has 2 aromatic heterocycles. The Balaban J connectivity index is 1.22. The number of amides is 1. The highest BCUT2D eigenvalue weighted by Gasteiger charge is 2.39. The second kappa shape index (κ2) is 8.78. The van der Waals surface area contributed by atoms with Crippen molar-refractivity contribution in [1.82, 2.24) is 24.2 Å². The maximum atomic E-state index is 13.3. The average molecular weight is 477 g/mol. The number of aliphatic hydroxyl groups is 1. The lowest BCUT2D eigenvalue weighted by Gasteiger charge is -2.38. The van der Waals surface area contributed by atoms with Crippen LogP contribution in [0.25, 0.3) is 16.7 Å². The molecule has 3 fully saturated rings. The monoisotopic (exact) mass is 476 g/mol. The zero-order valence-electron chi connectivity index (χ0n) is 20.0. The third-order valence-corrected chi connectivity index (χ3v) is 7.75. The number of hydrogen-bond donors (Lipinski definition) is 1. The van der Waals surface area contributed by atoms with Crippen LogP contribution in [-0.4, -0.2) is 67.0 Å². The minimum atomic E-state index is -1.03. The van der Waals surface area contributed by atoms with Crippen molar-refractivity contribution in [3.8, 4) is 5.69 Å². The molecule has 2 aliphatic heterocycles. The number of rotatable bonds is 5. The second-order valence-electron chi connectivity index (χ2n) is 10.4. The smallest absolute Gasteiger partial charge is 0.264 e. The fraction of sp³-hybridized carbons (Fsp3) is 0.538. The van der Waals surface area contributed by atoms with Gasteiger partial charge in [0.15, 0.2) is 5.65 Å². The first kappa shape index (κ1) is 22.3. The largest absolute Gasteiger partial charge is 0.388 e. The van der Waals surface area contributed by atoms with E-state index in [2.05, 4.69) is 27.1 Å². The van der Waals surface area contributed by atoms with Gasteiger partial charge in [-0.2, -0.15) is 5.10 Å². The van der Waals surface area contributed by atoms with Crippen molar-refractivity contribution in [2.75, 3.05) is 31.1 Å². The van der Waals surface area contributed by atoms with Crippen LogP contribution >= 0.6 is 0 Å². The summed E-state index contributed by atoms with van der Waals surface area (Å²) < 4.78 is 3.20. The minimum Gasteiger partial charge on any atom is -0.388 e. The van der Waals surface area contributed by atoms with Gasteiger partial charge in [0.1, 0.15) is 11.7 Å². The van der Waals surface area contributed by atoms with E-state index in [4.69, 9.17) is 0 Å². The maximum absolute atomic E-state index is 13.3. The molecule has 9 heteroatoms. The number of carbonyl (C=O) groups excluding carboxylic acids is 1. The average Bonchev–Trinajstić information content (AvgIpc) is 3.65. The summed E-state index contributed by atoms with van der Waals surface area (Å²) in [6.07, 6.45) is 9.65. The number of likely N-dealkylation sites (tertiary alicyclic amines) is 1. The van der Waals surface area contributed by atoms with Crippen LogP contribution in [0, 0.1) is 5.92 Å². The summed E-state index contributed by atoms with van der Waals surface area (Å²) in [5, 5.41) is 16.1. The van der Waals surface area contributed by atoms with Crippen molar-refractivity contribution < 1.29 is 9.90 Å². The number of anilines is 1. The van der Waals surface area contributed by atoms with Gasteiger partial charge in [-0.25, -0.2) is 9.67 Å². The van der Waals surface area contributed by atoms with Gasteiger partial charge in [0.2, 0.25) is 5.91 Å². The van der Waals surface area contributed by atoms with Crippen molar-refractivity contribution in [3.63, 3.8) is 0 Å². The van der Waals surface area contributed by atoms with Crippen LogP contribution in [0.1, 0.15) is 44.9 Å². The molecule has 1 aromatic carbocycles. The first-order valence-corrected chi connectivity index (χ1v) is 12.8. The van der Waals surface area contributed by atoms with Crippen LogP contribution in [0.4, 0.5) is 5.69 Å². The van der Waals surface area contributed by atoms with Gasteiger partial charge in [-0.15, -0.1) is 0 Å². The molecule has 4 heterocycles. The van der Waals surface area contributed by atoms with E-state index in [1.165, 1.54) is 30.2 Å². The first-order valence-electron chi connectivity index (χ1n) is 12.8. The van der Waals surface area contributed by atoms with Crippen molar-refractivity contribution >= 4 is 22.6 Å². The van der Waals surface area contributed by atoms with E-state index in [0.29, 0.717) is 37.0 Å². The summed E-state index contributed by atoms with van der Waals surface area (Å²) in [6.45, 7) is 3.34. The lowest BCUT2D eigenvalue weighted by molar-refractivity contribution is -0.137. The fourth-order valence-corrected chi connectivity index (χ4v) is 5.43. The van der Waals surface area contributed by atoms with E-state index in [1.54, 1.807) is 10.9 Å². The molecule has 3 aromatic rings. The van der Waals surface area contributed by atoms with E-state index in [-0.39, 0.29) is 23.9 Å². The van der Waals surface area contributed by atoms with Crippen LogP contribution in [0.3, 0.4) is 0 Å². The Morgan fingerprint density at radius 3 is 2.54 bits per heavy atom. The third-order valence-electron chi connectivity index (χ3n) is 7.75. The minimum absolute atomic E-state index is 0.163. The summed E-state index contributed by atoms with van der Waals surface area (Å²) in [5.74, 6) is 0.400. The molecule has 0 atom stereocenters. The molecular formula is C26H32N6O3. The third kappa shape index (κ3) is 4.33. The Bertz CT molecular complexity index is 1300. The highest BCUT2D eigenvalue weighted by atomic mass is 16.3. The quantitative estimate of drug-likeness (QED) is 0.607. The topological polar surface area (TPSA) is 96.5 Å². The van der Waals surface area contributed by atoms with Crippen LogP contribution in [0.15, 0.2) is 41.6 Å². The van der Waals surface area contributed by atoms with Gasteiger partial charge in [0, 0.05) is 37.8 Å². The van der Waals surface area contributed by atoms with Gasteiger partial charge >= 0.3 is 0 Å². The van der Waals surface area contributed by atoms with Gasteiger partial charge in [-0.3, -0.25) is 14.2 Å². The van der Waals surface area contributed by atoms with E-state index in [9.17, 15) is 14.7 Å². The lowest BCUT2D eigenvalue weighted by atomic mass is 9.91. The number of aromatic nitrogens is 4. The zero-order valence-corrected chi connectivity index (χ0v) is 20.0. The molecule has 184 valence electrons. The van der Waals surface area contributed by atoms with Gasteiger partial charge in [0.05, 0.1) is 24.0 Å². The lowest BCUT2D eigenvalue weighted by Crippen LogP contribution is -2.50. The molecule has 0 bridgehead atoms. The van der Waals surface area contributed by atoms with Crippen LogP contribution in [-0.2, 0) is 11.3 Å². The Hall–Kier alpha value is -3.20. The van der Waals surface area contributed by atoms with E-state index < -0.39 is 5.60 Å². The Morgan fingerprint density at radius 2 is 1.80 bits per heavy atom. The summed E-state index contributed by atoms with van der Waals surface area (Å²) >= 11 is 0. The van der Waals surface area contributed by atoms with Gasteiger partial charge in [0.25, 0.3) is 5.56 Å². The molecule has 35 heavy (non-hydrogen) atoms. The number of benzene rings is 1. The SMILES string of the molecule is O=C(C1CC1)N1CCC(O)(Cn2cnc3c(cnn3-c3cccc(N4CCCCC4)c3)c2=O)CC1. The first-order chi connectivity index (χ1) is 17.0. The van der Waals surface area contributed by atoms with E-state index in [1.807, 2.05) is 17.0 Å². The van der Waals surface area contributed by atoms with Gasteiger partial charge in [-0.1, -0.05) is 6.07 Å². The van der Waals surface area contributed by atoms with Crippen LogP contribution < -0.4 is 10.5 Å². The zero-order chi connectivity index (χ0) is 24.0. The summed E-state index contributed by atoms with van der Waals surface area (Å²) in [5.41, 5.74) is 1.31. The number of piperidine rings is 2. The highest BCUT2D eigenvalue weighted by molar-refractivity contribution is 5.81. The molecule has 6 rings (SSSR count). The molecule has 1 saturated carbocycles. The molecular weight excluding hydrogens is 444 g/mol. The molecule has 1 amide bonds. The Labute approximate surface area is 204 Å². The molecule has 1 N–H and O–H groups in total. The predicted octanol–water partition coefficient (Wildman–Crippen LogP) is 2.34. The van der Waals surface area contributed by atoms with Crippen LogP contribution in [0.5, 0.6) is 0 Å². The molecule has 9 nitrogen and oxygen atoms in total.